The Morgan fingerprint density at radius 3 is 2.67 bits per heavy atom. The van der Waals surface area contributed by atoms with Crippen molar-refractivity contribution in [1.29, 1.82) is 0 Å². The van der Waals surface area contributed by atoms with Crippen LogP contribution in [0.15, 0.2) is 12.1 Å². The maximum atomic E-state index is 10.5. The molecule has 82 valence electrons. The van der Waals surface area contributed by atoms with Crippen molar-refractivity contribution in [3.05, 3.63) is 22.2 Å². The van der Waals surface area contributed by atoms with E-state index in [0.29, 0.717) is 6.61 Å². The molecule has 0 fully saturated rings. The van der Waals surface area contributed by atoms with Gasteiger partial charge in [0.05, 0.1) is 30.8 Å². The SMILES string of the molecule is CCOc1c(O)cc([N+](=O)[O-])cc1OC. The first-order chi connectivity index (χ1) is 7.10. The summed E-state index contributed by atoms with van der Waals surface area (Å²) in [4.78, 5) is 9.88. The van der Waals surface area contributed by atoms with Gasteiger partial charge in [0.25, 0.3) is 5.69 Å². The van der Waals surface area contributed by atoms with E-state index in [-0.39, 0.29) is 22.9 Å². The van der Waals surface area contributed by atoms with E-state index in [2.05, 4.69) is 0 Å². The Kier molecular flexibility index (Phi) is 3.33. The van der Waals surface area contributed by atoms with Gasteiger partial charge in [0, 0.05) is 0 Å². The molecule has 0 aliphatic carbocycles. The Labute approximate surface area is 86.2 Å². The van der Waals surface area contributed by atoms with Crippen molar-refractivity contribution in [1.82, 2.24) is 0 Å². The zero-order chi connectivity index (χ0) is 11.4. The summed E-state index contributed by atoms with van der Waals surface area (Å²) in [5.74, 6) is -0.0444. The molecule has 0 heterocycles. The molecule has 1 rings (SSSR count). The Morgan fingerprint density at radius 1 is 1.53 bits per heavy atom. The molecule has 1 aromatic rings. The highest BCUT2D eigenvalue weighted by Gasteiger charge is 2.17. The average molecular weight is 213 g/mol. The summed E-state index contributed by atoms with van der Waals surface area (Å²) >= 11 is 0. The van der Waals surface area contributed by atoms with Crippen molar-refractivity contribution >= 4 is 5.69 Å². The van der Waals surface area contributed by atoms with E-state index >= 15 is 0 Å². The summed E-state index contributed by atoms with van der Waals surface area (Å²) in [6.07, 6.45) is 0. The number of phenols is 1. The van der Waals surface area contributed by atoms with Gasteiger partial charge in [0.15, 0.2) is 11.5 Å². The van der Waals surface area contributed by atoms with Crippen molar-refractivity contribution in [3.63, 3.8) is 0 Å². The number of aromatic hydroxyl groups is 1. The van der Waals surface area contributed by atoms with Gasteiger partial charge in [-0.3, -0.25) is 10.1 Å². The monoisotopic (exact) mass is 213 g/mol. The van der Waals surface area contributed by atoms with Crippen LogP contribution in [0.1, 0.15) is 6.92 Å². The number of rotatable bonds is 4. The lowest BCUT2D eigenvalue weighted by atomic mass is 10.2. The summed E-state index contributed by atoms with van der Waals surface area (Å²) in [6.45, 7) is 2.07. The average Bonchev–Trinajstić information content (AvgIpc) is 2.20. The molecule has 15 heavy (non-hydrogen) atoms. The van der Waals surface area contributed by atoms with E-state index in [1.807, 2.05) is 0 Å². The molecule has 0 atom stereocenters. The number of phenolic OH excluding ortho intramolecular Hbond substituents is 1. The van der Waals surface area contributed by atoms with Crippen LogP contribution in [0.3, 0.4) is 0 Å². The van der Waals surface area contributed by atoms with E-state index in [0.717, 1.165) is 6.07 Å². The van der Waals surface area contributed by atoms with Crippen molar-refractivity contribution in [2.45, 2.75) is 6.92 Å². The van der Waals surface area contributed by atoms with Gasteiger partial charge in [-0.1, -0.05) is 0 Å². The van der Waals surface area contributed by atoms with Crippen molar-refractivity contribution in [2.75, 3.05) is 13.7 Å². The van der Waals surface area contributed by atoms with Gasteiger partial charge in [-0.05, 0) is 6.92 Å². The number of hydrogen-bond donors (Lipinski definition) is 1. The van der Waals surface area contributed by atoms with Gasteiger partial charge in [-0.2, -0.15) is 0 Å². The molecule has 0 aliphatic heterocycles. The van der Waals surface area contributed by atoms with Gasteiger partial charge in [-0.25, -0.2) is 0 Å². The van der Waals surface area contributed by atoms with Crippen LogP contribution in [-0.2, 0) is 0 Å². The third-order valence-electron chi connectivity index (χ3n) is 1.74. The molecule has 6 nitrogen and oxygen atoms in total. The molecular formula is C9H11NO5. The Hall–Kier alpha value is -1.98. The molecule has 0 aliphatic rings. The van der Waals surface area contributed by atoms with E-state index in [1.54, 1.807) is 6.92 Å². The molecule has 0 aromatic heterocycles. The quantitative estimate of drug-likeness (QED) is 0.608. The van der Waals surface area contributed by atoms with Gasteiger partial charge in [-0.15, -0.1) is 0 Å². The standard InChI is InChI=1S/C9H11NO5/c1-3-15-9-7(11)4-6(10(12)13)5-8(9)14-2/h4-5,11H,3H2,1-2H3. The summed E-state index contributed by atoms with van der Waals surface area (Å²) in [5, 5.41) is 20.0. The number of methoxy groups -OCH3 is 1. The third-order valence-corrected chi connectivity index (χ3v) is 1.74. The second-order valence-electron chi connectivity index (χ2n) is 2.69. The van der Waals surface area contributed by atoms with Crippen LogP contribution in [0.25, 0.3) is 0 Å². The zero-order valence-electron chi connectivity index (χ0n) is 8.39. The molecule has 6 heteroatoms. The molecular weight excluding hydrogens is 202 g/mol. The number of ether oxygens (including phenoxy) is 2. The number of nitro groups is 1. The first-order valence-electron chi connectivity index (χ1n) is 4.28. The van der Waals surface area contributed by atoms with Crippen LogP contribution in [-0.4, -0.2) is 23.7 Å². The second kappa shape index (κ2) is 4.50. The smallest absolute Gasteiger partial charge is 0.277 e. The van der Waals surface area contributed by atoms with Gasteiger partial charge in [0.2, 0.25) is 5.75 Å². The second-order valence-corrected chi connectivity index (χ2v) is 2.69. The Bertz CT molecular complexity index is 377. The van der Waals surface area contributed by atoms with Gasteiger partial charge in [0.1, 0.15) is 0 Å². The molecule has 1 aromatic carbocycles. The lowest BCUT2D eigenvalue weighted by molar-refractivity contribution is -0.385. The Balaban J connectivity index is 3.24. The summed E-state index contributed by atoms with van der Waals surface area (Å²) in [5.41, 5.74) is -0.243. The van der Waals surface area contributed by atoms with E-state index in [4.69, 9.17) is 9.47 Å². The first-order valence-corrected chi connectivity index (χ1v) is 4.28. The maximum absolute atomic E-state index is 10.5. The fourth-order valence-corrected chi connectivity index (χ4v) is 1.12. The topological polar surface area (TPSA) is 81.8 Å². The fourth-order valence-electron chi connectivity index (χ4n) is 1.12. The van der Waals surface area contributed by atoms with E-state index in [1.165, 1.54) is 13.2 Å². The highest BCUT2D eigenvalue weighted by molar-refractivity contribution is 5.57. The number of hydrogen-bond acceptors (Lipinski definition) is 5. The number of non-ortho nitro benzene ring substituents is 1. The maximum Gasteiger partial charge on any atom is 0.277 e. The highest BCUT2D eigenvalue weighted by atomic mass is 16.6. The summed E-state index contributed by atoms with van der Waals surface area (Å²) in [7, 11) is 1.35. The van der Waals surface area contributed by atoms with Crippen LogP contribution >= 0.6 is 0 Å². The normalized spacial score (nSPS) is 9.73. The van der Waals surface area contributed by atoms with Crippen molar-refractivity contribution in [2.24, 2.45) is 0 Å². The molecule has 0 saturated carbocycles. The lowest BCUT2D eigenvalue weighted by Gasteiger charge is -2.10. The molecule has 0 spiro atoms. The molecule has 1 N–H and O–H groups in total. The predicted octanol–water partition coefficient (Wildman–Crippen LogP) is 1.71. The van der Waals surface area contributed by atoms with Crippen molar-refractivity contribution in [3.8, 4) is 17.2 Å². The fraction of sp³-hybridized carbons (Fsp3) is 0.333. The van der Waals surface area contributed by atoms with E-state index in [9.17, 15) is 15.2 Å². The summed E-state index contributed by atoms with van der Waals surface area (Å²) < 4.78 is 9.98. The van der Waals surface area contributed by atoms with Crippen LogP contribution in [0.4, 0.5) is 5.69 Å². The number of nitro benzene ring substituents is 1. The third kappa shape index (κ3) is 2.28. The van der Waals surface area contributed by atoms with Gasteiger partial charge < -0.3 is 14.6 Å². The van der Waals surface area contributed by atoms with Crippen LogP contribution in [0, 0.1) is 10.1 Å². The summed E-state index contributed by atoms with van der Waals surface area (Å²) in [6, 6.07) is 2.22. The molecule has 0 saturated heterocycles. The minimum atomic E-state index is -0.613. The molecule has 0 unspecified atom stereocenters. The first kappa shape index (κ1) is 11.1. The number of nitrogens with zero attached hydrogens (tertiary/aromatic N) is 1. The molecule has 0 radical (unpaired) electrons. The van der Waals surface area contributed by atoms with E-state index < -0.39 is 4.92 Å². The van der Waals surface area contributed by atoms with Gasteiger partial charge >= 0.3 is 0 Å². The number of benzene rings is 1. The minimum absolute atomic E-state index is 0.116. The minimum Gasteiger partial charge on any atom is -0.504 e. The van der Waals surface area contributed by atoms with Crippen LogP contribution in [0.5, 0.6) is 17.2 Å². The van der Waals surface area contributed by atoms with Crippen molar-refractivity contribution < 1.29 is 19.5 Å². The van der Waals surface area contributed by atoms with Crippen LogP contribution in [0.2, 0.25) is 0 Å². The Morgan fingerprint density at radius 2 is 2.20 bits per heavy atom. The largest absolute Gasteiger partial charge is 0.504 e. The molecule has 0 amide bonds. The highest BCUT2D eigenvalue weighted by Crippen LogP contribution is 2.39. The lowest BCUT2D eigenvalue weighted by Crippen LogP contribution is -1.97. The van der Waals surface area contributed by atoms with Crippen LogP contribution < -0.4 is 9.47 Å². The molecule has 0 bridgehead atoms. The predicted molar refractivity (Wildman–Crippen MR) is 52.5 cm³/mol. The zero-order valence-corrected chi connectivity index (χ0v) is 8.39.